The molecule has 4 unspecified atom stereocenters. The van der Waals surface area contributed by atoms with E-state index in [2.05, 4.69) is 49.0 Å². The molecule has 0 spiro atoms. The number of likely N-dealkylation sites (tertiary alicyclic amines) is 1. The summed E-state index contributed by atoms with van der Waals surface area (Å²) in [5.41, 5.74) is 2.38. The fourth-order valence-corrected chi connectivity index (χ4v) is 4.95. The second-order valence-corrected chi connectivity index (χ2v) is 7.52. The normalized spacial score (nSPS) is 28.9. The summed E-state index contributed by atoms with van der Waals surface area (Å²) in [4.78, 5) is 11.1. The van der Waals surface area contributed by atoms with E-state index < -0.39 is 0 Å². The number of benzene rings is 1. The SMILES string of the molecule is CN=C(NCc1ccccc1-n1ccnc1)N1CC2C3CCC(O3)C2C1.I. The molecule has 1 aromatic heterocycles. The minimum Gasteiger partial charge on any atom is -0.374 e. The lowest BCUT2D eigenvalue weighted by molar-refractivity contribution is 0.0767. The van der Waals surface area contributed by atoms with E-state index in [9.17, 15) is 0 Å². The Hall–Kier alpha value is -1.61. The molecule has 7 heteroatoms. The highest BCUT2D eigenvalue weighted by atomic mass is 127. The number of hydrogen-bond acceptors (Lipinski definition) is 3. The van der Waals surface area contributed by atoms with Gasteiger partial charge in [0.15, 0.2) is 5.96 Å². The Balaban J connectivity index is 0.00000180. The fraction of sp³-hybridized carbons (Fsp3) is 0.500. The van der Waals surface area contributed by atoms with Crippen molar-refractivity contribution in [1.82, 2.24) is 19.8 Å². The van der Waals surface area contributed by atoms with Gasteiger partial charge in [0.2, 0.25) is 0 Å². The first-order valence-electron chi connectivity index (χ1n) is 9.51. The number of nitrogens with zero attached hydrogens (tertiary/aromatic N) is 4. The van der Waals surface area contributed by atoms with E-state index in [1.807, 2.05) is 25.8 Å². The van der Waals surface area contributed by atoms with Crippen molar-refractivity contribution in [3.05, 3.63) is 48.5 Å². The number of aliphatic imine (C=N–C) groups is 1. The third-order valence-electron chi connectivity index (χ3n) is 6.18. The number of para-hydroxylation sites is 1. The van der Waals surface area contributed by atoms with Crippen molar-refractivity contribution < 1.29 is 4.74 Å². The minimum absolute atomic E-state index is 0. The van der Waals surface area contributed by atoms with Crippen molar-refractivity contribution in [1.29, 1.82) is 0 Å². The van der Waals surface area contributed by atoms with Gasteiger partial charge in [-0.1, -0.05) is 18.2 Å². The Labute approximate surface area is 177 Å². The molecule has 4 atom stereocenters. The highest BCUT2D eigenvalue weighted by Crippen LogP contribution is 2.47. The lowest BCUT2D eigenvalue weighted by atomic mass is 9.82. The monoisotopic (exact) mass is 479 g/mol. The maximum atomic E-state index is 6.09. The second-order valence-electron chi connectivity index (χ2n) is 7.52. The Morgan fingerprint density at radius 1 is 1.22 bits per heavy atom. The van der Waals surface area contributed by atoms with Crippen LogP contribution in [0.4, 0.5) is 0 Å². The van der Waals surface area contributed by atoms with Gasteiger partial charge in [0.05, 0.1) is 24.2 Å². The average molecular weight is 479 g/mol. The van der Waals surface area contributed by atoms with Gasteiger partial charge in [-0.05, 0) is 24.5 Å². The highest BCUT2D eigenvalue weighted by molar-refractivity contribution is 14.0. The summed E-state index contributed by atoms with van der Waals surface area (Å²) < 4.78 is 8.14. The molecule has 27 heavy (non-hydrogen) atoms. The van der Waals surface area contributed by atoms with E-state index in [0.717, 1.165) is 31.3 Å². The van der Waals surface area contributed by atoms with E-state index in [0.29, 0.717) is 24.0 Å². The molecule has 2 bridgehead atoms. The van der Waals surface area contributed by atoms with E-state index in [1.54, 1.807) is 0 Å². The molecule has 3 aliphatic heterocycles. The van der Waals surface area contributed by atoms with Crippen LogP contribution in [0.5, 0.6) is 0 Å². The lowest BCUT2D eigenvalue weighted by Crippen LogP contribution is -2.41. The molecule has 4 heterocycles. The molecule has 5 rings (SSSR count). The van der Waals surface area contributed by atoms with E-state index >= 15 is 0 Å². The summed E-state index contributed by atoms with van der Waals surface area (Å²) in [5.74, 6) is 2.37. The molecule has 3 fully saturated rings. The smallest absolute Gasteiger partial charge is 0.193 e. The zero-order valence-corrected chi connectivity index (χ0v) is 17.8. The quantitative estimate of drug-likeness (QED) is 0.418. The van der Waals surface area contributed by atoms with Crippen LogP contribution < -0.4 is 5.32 Å². The van der Waals surface area contributed by atoms with Gasteiger partial charge in [-0.2, -0.15) is 0 Å². The number of hydrogen-bond donors (Lipinski definition) is 1. The number of halogens is 1. The Morgan fingerprint density at radius 2 is 1.96 bits per heavy atom. The van der Waals surface area contributed by atoms with Gasteiger partial charge in [0.25, 0.3) is 0 Å². The molecule has 6 nitrogen and oxygen atoms in total. The van der Waals surface area contributed by atoms with E-state index in [4.69, 9.17) is 4.74 Å². The van der Waals surface area contributed by atoms with Gasteiger partial charge < -0.3 is 19.5 Å². The van der Waals surface area contributed by atoms with Crippen molar-refractivity contribution >= 4 is 29.9 Å². The van der Waals surface area contributed by atoms with Crippen LogP contribution in [0.3, 0.4) is 0 Å². The van der Waals surface area contributed by atoms with Crippen molar-refractivity contribution in [3.63, 3.8) is 0 Å². The van der Waals surface area contributed by atoms with Crippen LogP contribution in [0.2, 0.25) is 0 Å². The van der Waals surface area contributed by atoms with Gasteiger partial charge in [-0.3, -0.25) is 4.99 Å². The number of guanidine groups is 1. The number of aromatic nitrogens is 2. The third-order valence-corrected chi connectivity index (χ3v) is 6.18. The third kappa shape index (κ3) is 3.35. The van der Waals surface area contributed by atoms with Crippen LogP contribution in [0.25, 0.3) is 5.69 Å². The zero-order valence-electron chi connectivity index (χ0n) is 15.5. The van der Waals surface area contributed by atoms with Gasteiger partial charge in [0, 0.05) is 50.9 Å². The summed E-state index contributed by atoms with van der Waals surface area (Å²) in [6.45, 7) is 2.87. The van der Waals surface area contributed by atoms with Crippen molar-refractivity contribution in [2.75, 3.05) is 20.1 Å². The van der Waals surface area contributed by atoms with Crippen LogP contribution in [0.1, 0.15) is 18.4 Å². The number of fused-ring (bicyclic) bond motifs is 5. The first-order valence-corrected chi connectivity index (χ1v) is 9.51. The summed E-state index contributed by atoms with van der Waals surface area (Å²) in [6, 6.07) is 8.42. The second kappa shape index (κ2) is 7.79. The first-order chi connectivity index (χ1) is 12.8. The summed E-state index contributed by atoms with van der Waals surface area (Å²) in [6.07, 6.45) is 9.07. The number of nitrogens with one attached hydrogen (secondary N) is 1. The summed E-state index contributed by atoms with van der Waals surface area (Å²) in [5, 5.41) is 3.57. The van der Waals surface area contributed by atoms with E-state index in [1.165, 1.54) is 18.4 Å². The first kappa shape index (κ1) is 18.7. The van der Waals surface area contributed by atoms with Crippen LogP contribution in [0, 0.1) is 11.8 Å². The molecule has 2 aromatic rings. The average Bonchev–Trinajstić information content (AvgIpc) is 3.44. The van der Waals surface area contributed by atoms with Crippen LogP contribution in [0.15, 0.2) is 48.0 Å². The zero-order chi connectivity index (χ0) is 17.5. The number of ether oxygens (including phenoxy) is 1. The fourth-order valence-electron chi connectivity index (χ4n) is 4.95. The largest absolute Gasteiger partial charge is 0.374 e. The van der Waals surface area contributed by atoms with Crippen LogP contribution >= 0.6 is 24.0 Å². The molecule has 0 amide bonds. The summed E-state index contributed by atoms with van der Waals surface area (Å²) in [7, 11) is 1.88. The topological polar surface area (TPSA) is 54.7 Å². The summed E-state index contributed by atoms with van der Waals surface area (Å²) >= 11 is 0. The van der Waals surface area contributed by atoms with Crippen molar-refractivity contribution in [3.8, 4) is 5.69 Å². The van der Waals surface area contributed by atoms with Crippen LogP contribution in [-0.2, 0) is 11.3 Å². The molecule has 1 N–H and O–H groups in total. The molecule has 0 saturated carbocycles. The molecule has 144 valence electrons. The number of rotatable bonds is 3. The molecular weight excluding hydrogens is 453 g/mol. The van der Waals surface area contributed by atoms with Gasteiger partial charge >= 0.3 is 0 Å². The standard InChI is InChI=1S/C20H25N5O.HI/c1-21-20(25-11-15-16(12-25)19-7-6-18(15)26-19)23-10-14-4-2-3-5-17(14)24-9-8-22-13-24;/h2-5,8-9,13,15-16,18-19H,6-7,10-12H2,1H3,(H,21,23);1H. The van der Waals surface area contributed by atoms with Crippen molar-refractivity contribution in [2.24, 2.45) is 16.8 Å². The molecule has 0 radical (unpaired) electrons. The minimum atomic E-state index is 0. The Bertz CT molecular complexity index is 790. The maximum absolute atomic E-state index is 6.09. The Kier molecular flexibility index (Phi) is 5.41. The molecule has 3 saturated heterocycles. The van der Waals surface area contributed by atoms with Gasteiger partial charge in [-0.15, -0.1) is 24.0 Å². The predicted octanol–water partition coefficient (Wildman–Crippen LogP) is 2.67. The highest BCUT2D eigenvalue weighted by Gasteiger charge is 2.53. The lowest BCUT2D eigenvalue weighted by Gasteiger charge is -2.24. The maximum Gasteiger partial charge on any atom is 0.193 e. The molecule has 1 aromatic carbocycles. The van der Waals surface area contributed by atoms with Gasteiger partial charge in [-0.25, -0.2) is 4.98 Å². The van der Waals surface area contributed by atoms with E-state index in [-0.39, 0.29) is 24.0 Å². The van der Waals surface area contributed by atoms with Gasteiger partial charge in [0.1, 0.15) is 0 Å². The number of imidazole rings is 1. The molecular formula is C20H26IN5O. The Morgan fingerprint density at radius 3 is 2.63 bits per heavy atom. The van der Waals surface area contributed by atoms with Crippen LogP contribution in [-0.4, -0.2) is 52.8 Å². The van der Waals surface area contributed by atoms with Crippen molar-refractivity contribution in [2.45, 2.75) is 31.6 Å². The molecule has 3 aliphatic rings. The predicted molar refractivity (Wildman–Crippen MR) is 116 cm³/mol. The molecule has 0 aliphatic carbocycles.